The van der Waals surface area contributed by atoms with Gasteiger partial charge in [0.2, 0.25) is 0 Å². The molecule has 1 aromatic carbocycles. The number of ketones is 1. The minimum absolute atomic E-state index is 0.192. The zero-order valence-electron chi connectivity index (χ0n) is 21.1. The van der Waals surface area contributed by atoms with Crippen molar-refractivity contribution < 1.29 is 4.79 Å². The predicted molar refractivity (Wildman–Crippen MR) is 141 cm³/mol. The highest BCUT2D eigenvalue weighted by atomic mass is 16.1. The largest absolute Gasteiger partial charge is 0.363 e. The van der Waals surface area contributed by atoms with E-state index in [-0.39, 0.29) is 5.78 Å². The second-order valence-corrected chi connectivity index (χ2v) is 10.5. The molecule has 0 spiro atoms. The van der Waals surface area contributed by atoms with Crippen LogP contribution in [0, 0.1) is 6.92 Å². The number of benzene rings is 1. The van der Waals surface area contributed by atoms with E-state index in [1.807, 2.05) is 0 Å². The molecule has 36 heavy (non-hydrogen) atoms. The van der Waals surface area contributed by atoms with Crippen LogP contribution in [-0.2, 0) is 17.8 Å². The van der Waals surface area contributed by atoms with Crippen LogP contribution in [0.15, 0.2) is 36.8 Å². The highest BCUT2D eigenvalue weighted by Gasteiger charge is 2.29. The summed E-state index contributed by atoms with van der Waals surface area (Å²) in [4.78, 5) is 31.1. The maximum Gasteiger partial charge on any atom is 0.156 e. The van der Waals surface area contributed by atoms with E-state index in [0.29, 0.717) is 18.9 Å². The second kappa shape index (κ2) is 10.0. The highest BCUT2D eigenvalue weighted by molar-refractivity contribution is 5.90. The number of fused-ring (bicyclic) bond motifs is 1. The minimum Gasteiger partial charge on any atom is -0.363 e. The van der Waals surface area contributed by atoms with E-state index < -0.39 is 0 Å². The predicted octanol–water partition coefficient (Wildman–Crippen LogP) is 3.67. The van der Waals surface area contributed by atoms with E-state index in [0.717, 1.165) is 61.9 Å². The smallest absolute Gasteiger partial charge is 0.156 e. The second-order valence-electron chi connectivity index (χ2n) is 10.5. The van der Waals surface area contributed by atoms with Gasteiger partial charge in [-0.15, -0.1) is 0 Å². The zero-order chi connectivity index (χ0) is 24.5. The lowest BCUT2D eigenvalue weighted by atomic mass is 9.95. The first-order chi connectivity index (χ1) is 17.6. The Kier molecular flexibility index (Phi) is 6.44. The Bertz CT molecular complexity index is 1240. The van der Waals surface area contributed by atoms with E-state index >= 15 is 0 Å². The molecule has 1 N–H and O–H groups in total. The first-order valence-corrected chi connectivity index (χ1v) is 13.3. The van der Waals surface area contributed by atoms with Gasteiger partial charge in [0, 0.05) is 55.8 Å². The molecule has 8 nitrogen and oxygen atoms in total. The number of hydrogen-bond acceptors (Lipinski definition) is 7. The third kappa shape index (κ3) is 4.74. The molecule has 3 aliphatic rings. The number of nitrogens with one attached hydrogen (secondary N) is 1. The number of imidazole rings is 1. The molecule has 0 saturated carbocycles. The van der Waals surface area contributed by atoms with Gasteiger partial charge in [-0.3, -0.25) is 4.79 Å². The third-order valence-electron chi connectivity index (χ3n) is 7.89. The van der Waals surface area contributed by atoms with Crippen LogP contribution in [0.25, 0.3) is 11.3 Å². The van der Waals surface area contributed by atoms with Crippen LogP contribution >= 0.6 is 0 Å². The molecule has 0 aliphatic carbocycles. The van der Waals surface area contributed by atoms with Crippen LogP contribution in [0.1, 0.15) is 48.6 Å². The molecular formula is C28H35N7O. The number of rotatable bonds is 6. The summed E-state index contributed by atoms with van der Waals surface area (Å²) in [7, 11) is 0. The van der Waals surface area contributed by atoms with Gasteiger partial charge in [-0.25, -0.2) is 15.0 Å². The molecule has 5 heterocycles. The average molecular weight is 486 g/mol. The first-order valence-electron chi connectivity index (χ1n) is 13.3. The normalized spacial score (nSPS) is 18.9. The van der Waals surface area contributed by atoms with E-state index in [1.54, 1.807) is 6.33 Å². The Morgan fingerprint density at radius 2 is 1.89 bits per heavy atom. The molecule has 2 fully saturated rings. The van der Waals surface area contributed by atoms with E-state index in [1.165, 1.54) is 42.9 Å². The topological polar surface area (TPSA) is 79.2 Å². The van der Waals surface area contributed by atoms with Gasteiger partial charge >= 0.3 is 0 Å². The van der Waals surface area contributed by atoms with Crippen molar-refractivity contribution in [3.05, 3.63) is 53.7 Å². The zero-order valence-corrected chi connectivity index (χ0v) is 21.1. The van der Waals surface area contributed by atoms with E-state index in [2.05, 4.69) is 67.0 Å². The van der Waals surface area contributed by atoms with Gasteiger partial charge in [-0.05, 0) is 51.8 Å². The summed E-state index contributed by atoms with van der Waals surface area (Å²) in [6, 6.07) is 8.65. The van der Waals surface area contributed by atoms with Crippen molar-refractivity contribution in [3.63, 3.8) is 0 Å². The summed E-state index contributed by atoms with van der Waals surface area (Å²) < 4.78 is 2.42. The van der Waals surface area contributed by atoms with Crippen molar-refractivity contribution in [2.45, 2.75) is 51.5 Å². The van der Waals surface area contributed by atoms with Crippen molar-refractivity contribution in [3.8, 4) is 11.3 Å². The highest BCUT2D eigenvalue weighted by Crippen LogP contribution is 2.34. The lowest BCUT2D eigenvalue weighted by Gasteiger charge is -2.34. The molecule has 0 amide bonds. The van der Waals surface area contributed by atoms with Crippen molar-refractivity contribution in [2.24, 2.45) is 0 Å². The quantitative estimate of drug-likeness (QED) is 0.571. The van der Waals surface area contributed by atoms with E-state index in [4.69, 9.17) is 4.98 Å². The molecule has 3 aromatic rings. The maximum absolute atomic E-state index is 12.1. The number of aryl methyl sites for hydroxylation is 1. The fourth-order valence-corrected chi connectivity index (χ4v) is 5.92. The number of likely N-dealkylation sites (tertiary alicyclic amines) is 1. The molecule has 2 aromatic heterocycles. The summed E-state index contributed by atoms with van der Waals surface area (Å²) in [5, 5.41) is 3.15. The SMILES string of the molecule is Cc1cccc(-c2cn(CCN3CCCC3)c(C3CCN(c4ncnc5c4CC(=O)CN5)CC3)n2)c1. The number of anilines is 2. The van der Waals surface area contributed by atoms with Crippen LogP contribution in [0.2, 0.25) is 0 Å². The third-order valence-corrected chi connectivity index (χ3v) is 7.89. The van der Waals surface area contributed by atoms with E-state index in [9.17, 15) is 4.79 Å². The minimum atomic E-state index is 0.192. The molecule has 8 heteroatoms. The van der Waals surface area contributed by atoms with Crippen LogP contribution in [-0.4, -0.2) is 69.5 Å². The van der Waals surface area contributed by atoms with Gasteiger partial charge in [0.25, 0.3) is 0 Å². The average Bonchev–Trinajstić information content (AvgIpc) is 3.57. The Morgan fingerprint density at radius 1 is 1.06 bits per heavy atom. The van der Waals surface area contributed by atoms with Gasteiger partial charge < -0.3 is 19.7 Å². The Labute approximate surface area is 212 Å². The Morgan fingerprint density at radius 3 is 2.69 bits per heavy atom. The summed E-state index contributed by atoms with van der Waals surface area (Å²) in [6.45, 7) is 8.81. The molecule has 0 bridgehead atoms. The fraction of sp³-hybridized carbons (Fsp3) is 0.500. The van der Waals surface area contributed by atoms with Crippen LogP contribution in [0.5, 0.6) is 0 Å². The molecular weight excluding hydrogens is 450 g/mol. The molecule has 6 rings (SSSR count). The van der Waals surface area contributed by atoms with Crippen LogP contribution < -0.4 is 10.2 Å². The number of hydrogen-bond donors (Lipinski definition) is 1. The van der Waals surface area contributed by atoms with Crippen molar-refractivity contribution in [1.29, 1.82) is 0 Å². The van der Waals surface area contributed by atoms with Gasteiger partial charge in [0.05, 0.1) is 12.2 Å². The summed E-state index contributed by atoms with van der Waals surface area (Å²) in [6.07, 6.45) is 8.98. The first kappa shape index (κ1) is 23.2. The lowest BCUT2D eigenvalue weighted by molar-refractivity contribution is -0.117. The maximum atomic E-state index is 12.1. The van der Waals surface area contributed by atoms with Gasteiger partial charge in [-0.2, -0.15) is 0 Å². The molecule has 2 saturated heterocycles. The van der Waals surface area contributed by atoms with Crippen LogP contribution in [0.3, 0.4) is 0 Å². The monoisotopic (exact) mass is 485 g/mol. The fourth-order valence-electron chi connectivity index (χ4n) is 5.92. The van der Waals surface area contributed by atoms with Crippen molar-refractivity contribution in [1.82, 2.24) is 24.4 Å². The number of piperidine rings is 1. The standard InChI is InChI=1S/C28H35N7O/c1-20-5-4-6-22(15-20)25-18-35(14-13-33-9-2-3-10-33)27(32-25)21-7-11-34(12-8-21)28-24-16-23(36)17-29-26(24)30-19-31-28/h4-6,15,18-19,21H,2-3,7-14,16-17H2,1H3,(H,29,30,31). The van der Waals surface area contributed by atoms with Gasteiger partial charge in [-0.1, -0.05) is 23.8 Å². The number of nitrogens with zero attached hydrogens (tertiary/aromatic N) is 6. The molecule has 0 unspecified atom stereocenters. The molecule has 0 radical (unpaired) electrons. The molecule has 3 aliphatic heterocycles. The van der Waals surface area contributed by atoms with Gasteiger partial charge in [0.1, 0.15) is 23.8 Å². The summed E-state index contributed by atoms with van der Waals surface area (Å²) >= 11 is 0. The summed E-state index contributed by atoms with van der Waals surface area (Å²) in [5.74, 6) is 3.54. The van der Waals surface area contributed by atoms with Gasteiger partial charge in [0.15, 0.2) is 5.78 Å². The molecule has 0 atom stereocenters. The lowest BCUT2D eigenvalue weighted by Crippen LogP contribution is -2.36. The van der Waals surface area contributed by atoms with Crippen molar-refractivity contribution >= 4 is 17.4 Å². The Hall–Kier alpha value is -3.26. The number of Topliss-reactive ketones (excluding diaryl/α,β-unsaturated/α-hetero) is 1. The number of aromatic nitrogens is 4. The van der Waals surface area contributed by atoms with Crippen LogP contribution in [0.4, 0.5) is 11.6 Å². The number of carbonyl (C=O) groups is 1. The number of carbonyl (C=O) groups excluding carboxylic acids is 1. The Balaban J connectivity index is 1.22. The van der Waals surface area contributed by atoms with Crippen molar-refractivity contribution in [2.75, 3.05) is 49.5 Å². The molecule has 188 valence electrons. The summed E-state index contributed by atoms with van der Waals surface area (Å²) in [5.41, 5.74) is 4.47.